The molecule has 3 aromatic carbocycles. The molecule has 0 radical (unpaired) electrons. The van der Waals surface area contributed by atoms with Crippen molar-refractivity contribution in [2.24, 2.45) is 0 Å². The topological polar surface area (TPSA) is 184 Å². The lowest BCUT2D eigenvalue weighted by Crippen LogP contribution is -2.42. The number of halogens is 1. The van der Waals surface area contributed by atoms with E-state index in [-0.39, 0.29) is 41.9 Å². The van der Waals surface area contributed by atoms with Crippen molar-refractivity contribution in [3.8, 4) is 51.6 Å². The summed E-state index contributed by atoms with van der Waals surface area (Å²) in [5, 5.41) is 52.8. The van der Waals surface area contributed by atoms with E-state index in [4.69, 9.17) is 19.7 Å². The molecule has 50 heavy (non-hydrogen) atoms. The van der Waals surface area contributed by atoms with Gasteiger partial charge in [-0.1, -0.05) is 24.3 Å². The van der Waals surface area contributed by atoms with Gasteiger partial charge < -0.3 is 29.9 Å². The fraction of sp³-hybridized carbons (Fsp3) is 0.297. The first-order chi connectivity index (χ1) is 24.0. The first-order valence-electron chi connectivity index (χ1n) is 15.9. The molecule has 5 N–H and O–H groups in total. The number of phenolic OH excluding ortho intramolecular Hbond substituents is 1. The zero-order valence-electron chi connectivity index (χ0n) is 27.6. The summed E-state index contributed by atoms with van der Waals surface area (Å²) in [5.41, 5.74) is 3.31. The molecule has 1 saturated heterocycles. The molecule has 1 amide bonds. The number of phenols is 1. The van der Waals surface area contributed by atoms with E-state index in [1.807, 2.05) is 23.1 Å². The Hall–Kier alpha value is -5.73. The molecule has 1 aliphatic rings. The van der Waals surface area contributed by atoms with Crippen LogP contribution in [-0.2, 0) is 11.3 Å². The van der Waals surface area contributed by atoms with E-state index in [0.717, 1.165) is 18.4 Å². The van der Waals surface area contributed by atoms with Gasteiger partial charge in [0.05, 0.1) is 11.2 Å². The van der Waals surface area contributed by atoms with Crippen LogP contribution in [-0.4, -0.2) is 64.3 Å². The van der Waals surface area contributed by atoms with Crippen LogP contribution in [0, 0.1) is 28.5 Å². The Morgan fingerprint density at radius 2 is 1.76 bits per heavy atom. The summed E-state index contributed by atoms with van der Waals surface area (Å²) in [6, 6.07) is 20.5. The van der Waals surface area contributed by atoms with Gasteiger partial charge >= 0.3 is 0 Å². The van der Waals surface area contributed by atoms with E-state index in [9.17, 15) is 29.9 Å². The summed E-state index contributed by atoms with van der Waals surface area (Å²) in [4.78, 5) is 17.9. The highest BCUT2D eigenvalue weighted by Gasteiger charge is 2.26. The summed E-state index contributed by atoms with van der Waals surface area (Å²) in [5.74, 6) is -0.425. The average molecular weight is 681 g/mol. The number of carbonyl (C=O) groups excluding carboxylic acids is 1. The summed E-state index contributed by atoms with van der Waals surface area (Å²) >= 11 is 0. The molecule has 12 nitrogen and oxygen atoms in total. The molecule has 0 bridgehead atoms. The Bertz CT molecular complexity index is 1930. The van der Waals surface area contributed by atoms with Crippen LogP contribution in [0.2, 0.25) is 0 Å². The molecular weight excluding hydrogens is 643 g/mol. The number of rotatable bonds is 12. The van der Waals surface area contributed by atoms with Crippen LogP contribution >= 0.6 is 0 Å². The summed E-state index contributed by atoms with van der Waals surface area (Å²) in [6.45, 7) is 4.65. The largest absolute Gasteiger partial charge is 0.504 e. The number of hydrogen-bond donors (Lipinski definition) is 5. The third kappa shape index (κ3) is 8.64. The zero-order valence-corrected chi connectivity index (χ0v) is 27.6. The number of nitrogens with zero attached hydrogens (tertiary/aromatic N) is 4. The molecule has 0 atom stereocenters. The number of nitrogens with one attached hydrogen (secondary N) is 2. The number of aromatic nitrogens is 1. The van der Waals surface area contributed by atoms with E-state index in [0.29, 0.717) is 53.5 Å². The molecule has 258 valence electrons. The van der Waals surface area contributed by atoms with Crippen LogP contribution in [0.5, 0.6) is 17.2 Å². The van der Waals surface area contributed by atoms with Gasteiger partial charge in [-0.25, -0.2) is 14.9 Å². The number of aromatic hydroxyl groups is 1. The maximum absolute atomic E-state index is 14.9. The summed E-state index contributed by atoms with van der Waals surface area (Å²) < 4.78 is 25.8. The van der Waals surface area contributed by atoms with Crippen LogP contribution in [0.3, 0.4) is 0 Å². The first kappa shape index (κ1) is 35.6. The van der Waals surface area contributed by atoms with Crippen LogP contribution in [0.15, 0.2) is 66.9 Å². The van der Waals surface area contributed by atoms with Gasteiger partial charge in [0, 0.05) is 43.0 Å². The highest BCUT2D eigenvalue weighted by molar-refractivity contribution is 5.90. The van der Waals surface area contributed by atoms with Gasteiger partial charge in [-0.3, -0.25) is 10.0 Å². The maximum Gasteiger partial charge on any atom is 0.281 e. The minimum absolute atomic E-state index is 0.0473. The average Bonchev–Trinajstić information content (AvgIpc) is 3.12. The Morgan fingerprint density at radius 3 is 2.38 bits per heavy atom. The second kappa shape index (κ2) is 15.7. The Morgan fingerprint density at radius 1 is 1.04 bits per heavy atom. The Labute approximate surface area is 288 Å². The summed E-state index contributed by atoms with van der Waals surface area (Å²) in [7, 11) is 0. The number of nitriles is 2. The zero-order chi connectivity index (χ0) is 35.8. The molecule has 4 aromatic rings. The van der Waals surface area contributed by atoms with Crippen LogP contribution in [0.25, 0.3) is 22.3 Å². The molecule has 1 fully saturated rings. The van der Waals surface area contributed by atoms with E-state index in [1.54, 1.807) is 50.4 Å². The minimum Gasteiger partial charge on any atom is -0.504 e. The van der Waals surface area contributed by atoms with Crippen molar-refractivity contribution in [1.29, 1.82) is 10.5 Å². The third-order valence-electron chi connectivity index (χ3n) is 8.21. The van der Waals surface area contributed by atoms with Crippen LogP contribution < -0.4 is 25.2 Å². The Balaban J connectivity index is 1.36. The molecule has 0 spiro atoms. The number of hydrogen-bond acceptors (Lipinski definition) is 11. The number of benzene rings is 3. The fourth-order valence-electron chi connectivity index (χ4n) is 5.63. The Kier molecular flexibility index (Phi) is 11.1. The number of aliphatic hydroxyl groups is 1. The quantitative estimate of drug-likeness (QED) is 0.102. The number of piperidine rings is 1. The van der Waals surface area contributed by atoms with Crippen molar-refractivity contribution in [3.05, 3.63) is 89.4 Å². The molecule has 13 heteroatoms. The van der Waals surface area contributed by atoms with Gasteiger partial charge in [0.2, 0.25) is 0 Å². The van der Waals surface area contributed by atoms with Crippen molar-refractivity contribution >= 4 is 11.7 Å². The molecule has 0 unspecified atom stereocenters. The molecule has 2 heterocycles. The number of amides is 1. The van der Waals surface area contributed by atoms with Crippen molar-refractivity contribution in [3.63, 3.8) is 0 Å². The molecule has 1 aromatic heterocycles. The molecule has 0 aliphatic carbocycles. The van der Waals surface area contributed by atoms with Crippen molar-refractivity contribution in [1.82, 2.24) is 15.8 Å². The third-order valence-corrected chi connectivity index (χ3v) is 8.21. The van der Waals surface area contributed by atoms with Gasteiger partial charge in [0.15, 0.2) is 18.1 Å². The molecular formula is C37H37FN6O6. The highest BCUT2D eigenvalue weighted by atomic mass is 19.1. The van der Waals surface area contributed by atoms with Crippen molar-refractivity contribution in [2.45, 2.75) is 44.9 Å². The standard InChI is InChI=1S/C37H37FN6O6/c1-37(2,47)22-50-33-10-7-24(16-32(33)45)30-20-42-36(29(18-40)35(30)25-5-6-26(17-39)31(38)15-25)44-13-11-27(12-14-44)41-19-23-3-8-28(9-4-23)49-21-34(46)43-48/h3-10,15-16,20,27,41,45,47-48H,11-14,19,21-22H2,1-2H3,(H,43,46). The fourth-order valence-corrected chi connectivity index (χ4v) is 5.63. The predicted molar refractivity (Wildman–Crippen MR) is 182 cm³/mol. The number of anilines is 1. The van der Waals surface area contributed by atoms with Crippen LogP contribution in [0.1, 0.15) is 43.4 Å². The second-order valence-corrected chi connectivity index (χ2v) is 12.6. The van der Waals surface area contributed by atoms with E-state index in [2.05, 4.69) is 11.4 Å². The number of ether oxygens (including phenoxy) is 2. The SMILES string of the molecule is CC(C)(O)COc1ccc(-c2cnc(N3CCC(NCc4ccc(OCC(=O)NO)cc4)CC3)c(C#N)c2-c2ccc(C#N)c(F)c2)cc1O. The van der Waals surface area contributed by atoms with Crippen molar-refractivity contribution in [2.75, 3.05) is 31.2 Å². The van der Waals surface area contributed by atoms with E-state index in [1.165, 1.54) is 23.7 Å². The number of carbonyl (C=O) groups is 1. The van der Waals surface area contributed by atoms with Gasteiger partial charge in [0.1, 0.15) is 41.7 Å². The minimum atomic E-state index is -1.11. The van der Waals surface area contributed by atoms with E-state index < -0.39 is 17.3 Å². The van der Waals surface area contributed by atoms with E-state index >= 15 is 0 Å². The lowest BCUT2D eigenvalue weighted by Gasteiger charge is -2.34. The second-order valence-electron chi connectivity index (χ2n) is 12.6. The molecule has 1 aliphatic heterocycles. The van der Waals surface area contributed by atoms with Gasteiger partial charge in [0.25, 0.3) is 5.91 Å². The number of hydroxylamine groups is 1. The smallest absolute Gasteiger partial charge is 0.281 e. The van der Waals surface area contributed by atoms with Crippen molar-refractivity contribution < 1.29 is 34.1 Å². The van der Waals surface area contributed by atoms with Gasteiger partial charge in [-0.2, -0.15) is 10.5 Å². The van der Waals surface area contributed by atoms with Gasteiger partial charge in [-0.15, -0.1) is 0 Å². The first-order valence-corrected chi connectivity index (χ1v) is 15.9. The lowest BCUT2D eigenvalue weighted by atomic mass is 9.91. The van der Waals surface area contributed by atoms with Gasteiger partial charge in [-0.05, 0) is 79.8 Å². The molecule has 0 saturated carbocycles. The maximum atomic E-state index is 14.9. The lowest BCUT2D eigenvalue weighted by molar-refractivity contribution is -0.131. The predicted octanol–water partition coefficient (Wildman–Crippen LogP) is 4.80. The van der Waals surface area contributed by atoms with Crippen LogP contribution in [0.4, 0.5) is 10.2 Å². The monoisotopic (exact) mass is 680 g/mol. The summed E-state index contributed by atoms with van der Waals surface area (Å²) in [6.07, 6.45) is 3.14. The number of pyridine rings is 1. The molecule has 5 rings (SSSR count). The normalized spacial score (nSPS) is 13.3. The highest BCUT2D eigenvalue weighted by Crippen LogP contribution is 2.41.